The van der Waals surface area contributed by atoms with E-state index in [1.165, 1.54) is 0 Å². The topological polar surface area (TPSA) is 58.9 Å². The van der Waals surface area contributed by atoms with Gasteiger partial charge in [0.2, 0.25) is 0 Å². The highest BCUT2D eigenvalue weighted by Gasteiger charge is 2.18. The van der Waals surface area contributed by atoms with Crippen molar-refractivity contribution in [2.24, 2.45) is 4.99 Å². The van der Waals surface area contributed by atoms with E-state index in [9.17, 15) is 4.79 Å². The minimum atomic E-state index is -0.434. The monoisotopic (exact) mass is 155 g/mol. The lowest BCUT2D eigenvalue weighted by Gasteiger charge is -1.88. The molecule has 0 bridgehead atoms. The number of cyclic esters (lactones) is 1. The van der Waals surface area contributed by atoms with Crippen LogP contribution >= 0.6 is 0 Å². The minimum Gasteiger partial charge on any atom is -0.407 e. The Balaban J connectivity index is 2.65. The molecule has 0 radical (unpaired) electrons. The molecule has 0 atom stereocenters. The second-order valence-electron chi connectivity index (χ2n) is 2.12. The summed E-state index contributed by atoms with van der Waals surface area (Å²) in [6.45, 7) is 1.63. The number of aliphatic hydroxyl groups is 1. The third-order valence-electron chi connectivity index (χ3n) is 1.19. The quantitative estimate of drug-likeness (QED) is 0.458. The minimum absolute atomic E-state index is 0.0192. The lowest BCUT2D eigenvalue weighted by atomic mass is 10.3. The molecular formula is C7H9NO3. The van der Waals surface area contributed by atoms with Crippen molar-refractivity contribution < 1.29 is 14.6 Å². The predicted octanol–water partition coefficient (Wildman–Crippen LogP) is 0.228. The fourth-order valence-corrected chi connectivity index (χ4v) is 0.755. The molecule has 0 spiro atoms. The van der Waals surface area contributed by atoms with Crippen molar-refractivity contribution in [3.63, 3.8) is 0 Å². The number of rotatable bonds is 2. The molecule has 0 saturated carbocycles. The Bertz CT molecular complexity index is 230. The van der Waals surface area contributed by atoms with Crippen LogP contribution in [0.3, 0.4) is 0 Å². The van der Waals surface area contributed by atoms with E-state index in [-0.39, 0.29) is 12.3 Å². The first-order chi connectivity index (χ1) is 5.24. The van der Waals surface area contributed by atoms with Crippen molar-refractivity contribution in [2.75, 3.05) is 6.61 Å². The maximum absolute atomic E-state index is 10.8. The number of aliphatic imine (C=N–C) groups is 1. The van der Waals surface area contributed by atoms with E-state index in [0.717, 1.165) is 0 Å². The van der Waals surface area contributed by atoms with E-state index in [4.69, 9.17) is 5.11 Å². The van der Waals surface area contributed by atoms with Gasteiger partial charge in [0, 0.05) is 13.5 Å². The van der Waals surface area contributed by atoms with E-state index in [1.54, 1.807) is 13.0 Å². The fraction of sp³-hybridized carbons (Fsp3) is 0.429. The van der Waals surface area contributed by atoms with Crippen LogP contribution in [0.5, 0.6) is 0 Å². The Hall–Kier alpha value is -1.16. The van der Waals surface area contributed by atoms with Gasteiger partial charge in [-0.1, -0.05) is 0 Å². The third kappa shape index (κ3) is 1.88. The largest absolute Gasteiger partial charge is 0.407 e. The molecule has 4 heteroatoms. The highest BCUT2D eigenvalue weighted by atomic mass is 16.6. The van der Waals surface area contributed by atoms with Crippen LogP contribution in [0.1, 0.15) is 13.3 Å². The molecule has 0 fully saturated rings. The van der Waals surface area contributed by atoms with Gasteiger partial charge >= 0.3 is 5.97 Å². The van der Waals surface area contributed by atoms with Gasteiger partial charge in [-0.3, -0.25) is 0 Å². The third-order valence-corrected chi connectivity index (χ3v) is 1.19. The molecule has 0 aromatic heterocycles. The van der Waals surface area contributed by atoms with Crippen LogP contribution in [0, 0.1) is 0 Å². The molecule has 60 valence electrons. The first-order valence-electron chi connectivity index (χ1n) is 3.32. The fourth-order valence-electron chi connectivity index (χ4n) is 0.755. The number of esters is 1. The van der Waals surface area contributed by atoms with Crippen molar-refractivity contribution >= 4 is 11.9 Å². The molecule has 0 amide bonds. The molecule has 1 rings (SSSR count). The van der Waals surface area contributed by atoms with Gasteiger partial charge in [-0.25, -0.2) is 9.79 Å². The number of hydrogen-bond donors (Lipinski definition) is 1. The van der Waals surface area contributed by atoms with E-state index in [0.29, 0.717) is 12.3 Å². The summed E-state index contributed by atoms with van der Waals surface area (Å²) in [5, 5.41) is 8.43. The number of hydrogen-bond acceptors (Lipinski definition) is 4. The van der Waals surface area contributed by atoms with Crippen molar-refractivity contribution in [3.8, 4) is 0 Å². The first kappa shape index (κ1) is 7.94. The van der Waals surface area contributed by atoms with E-state index < -0.39 is 5.97 Å². The molecule has 0 aliphatic carbocycles. The predicted molar refractivity (Wildman–Crippen MR) is 39.0 cm³/mol. The molecule has 1 N–H and O–H groups in total. The van der Waals surface area contributed by atoms with Crippen LogP contribution in [0.25, 0.3) is 0 Å². The average molecular weight is 155 g/mol. The lowest BCUT2D eigenvalue weighted by molar-refractivity contribution is -0.130. The van der Waals surface area contributed by atoms with Gasteiger partial charge in [-0.05, 0) is 12.5 Å². The summed E-state index contributed by atoms with van der Waals surface area (Å²) in [5.74, 6) is -0.0739. The highest BCUT2D eigenvalue weighted by Crippen LogP contribution is 2.10. The zero-order valence-electron chi connectivity index (χ0n) is 6.20. The molecule has 0 aromatic rings. The van der Waals surface area contributed by atoms with Gasteiger partial charge in [0.05, 0.1) is 0 Å². The van der Waals surface area contributed by atoms with Gasteiger partial charge in [-0.2, -0.15) is 0 Å². The van der Waals surface area contributed by atoms with Crippen molar-refractivity contribution in [3.05, 3.63) is 11.8 Å². The van der Waals surface area contributed by atoms with E-state index >= 15 is 0 Å². The second-order valence-corrected chi connectivity index (χ2v) is 2.12. The Morgan fingerprint density at radius 3 is 2.91 bits per heavy atom. The Morgan fingerprint density at radius 1 is 1.73 bits per heavy atom. The molecular weight excluding hydrogens is 146 g/mol. The lowest BCUT2D eigenvalue weighted by Crippen LogP contribution is -2.00. The maximum atomic E-state index is 10.8. The average Bonchev–Trinajstić information content (AvgIpc) is 2.26. The van der Waals surface area contributed by atoms with Gasteiger partial charge in [-0.15, -0.1) is 0 Å². The molecule has 11 heavy (non-hydrogen) atoms. The second kappa shape index (κ2) is 3.30. The summed E-state index contributed by atoms with van der Waals surface area (Å²) in [6, 6.07) is 0. The summed E-state index contributed by atoms with van der Waals surface area (Å²) in [5.41, 5.74) is 0.288. The number of carbonyl (C=O) groups is 1. The SMILES string of the molecule is CC1=N/C(=C\CCO)C(=O)O1. The molecule has 1 aliphatic rings. The molecule has 0 saturated heterocycles. The molecule has 1 heterocycles. The molecule has 0 aromatic carbocycles. The number of ether oxygens (including phenoxy) is 1. The Labute approximate surface area is 64.2 Å². The zero-order chi connectivity index (χ0) is 8.27. The van der Waals surface area contributed by atoms with Gasteiger partial charge < -0.3 is 9.84 Å². The standard InChI is InChI=1S/C7H9NO3/c1-5-8-6(3-2-4-9)7(10)11-5/h3,9H,2,4H2,1H3/b6-3-. The van der Waals surface area contributed by atoms with Gasteiger partial charge in [0.1, 0.15) is 5.70 Å². The maximum Gasteiger partial charge on any atom is 0.363 e. The number of aliphatic hydroxyl groups excluding tert-OH is 1. The Morgan fingerprint density at radius 2 is 2.45 bits per heavy atom. The van der Waals surface area contributed by atoms with Crippen LogP contribution in [0.2, 0.25) is 0 Å². The summed E-state index contributed by atoms with van der Waals surface area (Å²) in [7, 11) is 0. The smallest absolute Gasteiger partial charge is 0.363 e. The van der Waals surface area contributed by atoms with E-state index in [1.807, 2.05) is 0 Å². The van der Waals surface area contributed by atoms with Gasteiger partial charge in [0.25, 0.3) is 0 Å². The zero-order valence-corrected chi connectivity index (χ0v) is 6.20. The summed E-state index contributed by atoms with van der Waals surface area (Å²) >= 11 is 0. The molecule has 1 aliphatic heterocycles. The van der Waals surface area contributed by atoms with Crippen LogP contribution in [0.15, 0.2) is 16.8 Å². The van der Waals surface area contributed by atoms with Crippen molar-refractivity contribution in [1.29, 1.82) is 0 Å². The van der Waals surface area contributed by atoms with E-state index in [2.05, 4.69) is 9.73 Å². The molecule has 0 unspecified atom stereocenters. The van der Waals surface area contributed by atoms with Crippen molar-refractivity contribution in [1.82, 2.24) is 0 Å². The number of carbonyl (C=O) groups excluding carboxylic acids is 1. The van der Waals surface area contributed by atoms with Crippen LogP contribution < -0.4 is 0 Å². The van der Waals surface area contributed by atoms with Crippen molar-refractivity contribution in [2.45, 2.75) is 13.3 Å². The van der Waals surface area contributed by atoms with Crippen LogP contribution in [-0.2, 0) is 9.53 Å². The summed E-state index contributed by atoms with van der Waals surface area (Å²) < 4.78 is 4.63. The normalized spacial score (nSPS) is 20.4. The number of nitrogens with zero attached hydrogens (tertiary/aromatic N) is 1. The van der Waals surface area contributed by atoms with Gasteiger partial charge in [0.15, 0.2) is 5.90 Å². The summed E-state index contributed by atoms with van der Waals surface area (Å²) in [4.78, 5) is 14.6. The van der Waals surface area contributed by atoms with Crippen LogP contribution in [-0.4, -0.2) is 23.6 Å². The molecule has 4 nitrogen and oxygen atoms in total. The highest BCUT2D eigenvalue weighted by molar-refractivity contribution is 6.03. The Kier molecular flexibility index (Phi) is 2.38. The van der Waals surface area contributed by atoms with Crippen LogP contribution in [0.4, 0.5) is 0 Å². The first-order valence-corrected chi connectivity index (χ1v) is 3.32. The summed E-state index contributed by atoms with van der Waals surface area (Å²) in [6.07, 6.45) is 1.99.